The zero-order chi connectivity index (χ0) is 21.9. The number of nitrogens with zero attached hydrogens (tertiary/aromatic N) is 1. The summed E-state index contributed by atoms with van der Waals surface area (Å²) in [7, 11) is -4.09. The molecule has 0 aromatic heterocycles. The second kappa shape index (κ2) is 8.81. The number of sulfonamides is 1. The van der Waals surface area contributed by atoms with E-state index in [9.17, 15) is 22.0 Å². The molecule has 0 fully saturated rings. The van der Waals surface area contributed by atoms with E-state index in [0.29, 0.717) is 5.02 Å². The van der Waals surface area contributed by atoms with E-state index in [4.69, 9.17) is 11.6 Å². The second-order valence-electron chi connectivity index (χ2n) is 6.48. The van der Waals surface area contributed by atoms with Gasteiger partial charge < -0.3 is 5.32 Å². The summed E-state index contributed by atoms with van der Waals surface area (Å²) >= 11 is 5.89. The van der Waals surface area contributed by atoms with E-state index in [1.165, 1.54) is 42.5 Å². The molecule has 0 aliphatic carbocycles. The number of hydrogen-bond donors (Lipinski definition) is 1. The fourth-order valence-electron chi connectivity index (χ4n) is 2.66. The van der Waals surface area contributed by atoms with E-state index >= 15 is 0 Å². The van der Waals surface area contributed by atoms with E-state index in [1.807, 2.05) is 6.92 Å². The number of rotatable bonds is 6. The highest BCUT2D eigenvalue weighted by molar-refractivity contribution is 7.92. The molecular formula is C21H17ClF2N2O3S. The maximum atomic E-state index is 13.4. The number of hydrogen-bond acceptors (Lipinski definition) is 3. The van der Waals surface area contributed by atoms with Crippen molar-refractivity contribution in [3.63, 3.8) is 0 Å². The summed E-state index contributed by atoms with van der Waals surface area (Å²) in [5.41, 5.74) is 1.10. The first-order valence-electron chi connectivity index (χ1n) is 8.77. The van der Waals surface area contributed by atoms with Crippen LogP contribution in [-0.2, 0) is 14.8 Å². The lowest BCUT2D eigenvalue weighted by Crippen LogP contribution is -2.38. The minimum Gasteiger partial charge on any atom is -0.324 e. The average molecular weight is 451 g/mol. The fraction of sp³-hybridized carbons (Fsp3) is 0.0952. The summed E-state index contributed by atoms with van der Waals surface area (Å²) in [6.07, 6.45) is 0. The smallest absolute Gasteiger partial charge is 0.264 e. The van der Waals surface area contributed by atoms with Gasteiger partial charge in [-0.15, -0.1) is 0 Å². The molecular weight excluding hydrogens is 434 g/mol. The number of benzene rings is 3. The molecule has 0 unspecified atom stereocenters. The summed E-state index contributed by atoms with van der Waals surface area (Å²) in [6, 6.07) is 15.0. The summed E-state index contributed by atoms with van der Waals surface area (Å²) < 4.78 is 53.8. The minimum atomic E-state index is -4.09. The average Bonchev–Trinajstić information content (AvgIpc) is 2.70. The Hall–Kier alpha value is -2.97. The first kappa shape index (κ1) is 21.7. The van der Waals surface area contributed by atoms with Gasteiger partial charge in [-0.1, -0.05) is 29.3 Å². The standard InChI is InChI=1S/C21H17ClF2N2O3S/c1-14-2-9-18(10-3-14)30(28,29)26(17-7-4-15(22)5-8-17)13-21(27)25-16-6-11-19(23)20(24)12-16/h2-12H,13H2,1H3,(H,25,27). The molecule has 1 amide bonds. The topological polar surface area (TPSA) is 66.5 Å². The molecule has 0 heterocycles. The Labute approximate surface area is 178 Å². The van der Waals surface area contributed by atoms with Crippen LogP contribution in [0.3, 0.4) is 0 Å². The normalized spacial score (nSPS) is 11.2. The SMILES string of the molecule is Cc1ccc(S(=O)(=O)N(CC(=O)Nc2ccc(F)c(F)c2)c2ccc(Cl)cc2)cc1. The Bertz CT molecular complexity index is 1170. The van der Waals surface area contributed by atoms with Crippen molar-refractivity contribution >= 4 is 38.9 Å². The molecule has 0 atom stereocenters. The molecule has 0 saturated carbocycles. The fourth-order valence-corrected chi connectivity index (χ4v) is 4.21. The molecule has 3 rings (SSSR count). The highest BCUT2D eigenvalue weighted by Gasteiger charge is 2.27. The second-order valence-corrected chi connectivity index (χ2v) is 8.78. The third-order valence-electron chi connectivity index (χ3n) is 4.21. The van der Waals surface area contributed by atoms with Crippen molar-refractivity contribution in [2.24, 2.45) is 0 Å². The van der Waals surface area contributed by atoms with E-state index in [0.717, 1.165) is 22.0 Å². The molecule has 9 heteroatoms. The lowest BCUT2D eigenvalue weighted by atomic mass is 10.2. The molecule has 0 aliphatic heterocycles. The van der Waals surface area contributed by atoms with Gasteiger partial charge in [0.2, 0.25) is 5.91 Å². The first-order chi connectivity index (χ1) is 14.2. The quantitative estimate of drug-likeness (QED) is 0.588. The van der Waals surface area contributed by atoms with E-state index in [2.05, 4.69) is 5.32 Å². The van der Waals surface area contributed by atoms with Gasteiger partial charge >= 0.3 is 0 Å². The highest BCUT2D eigenvalue weighted by atomic mass is 35.5. The Kier molecular flexibility index (Phi) is 6.38. The maximum Gasteiger partial charge on any atom is 0.264 e. The van der Waals surface area contributed by atoms with Crippen LogP contribution in [-0.4, -0.2) is 20.9 Å². The van der Waals surface area contributed by atoms with Crippen molar-refractivity contribution in [2.45, 2.75) is 11.8 Å². The Morgan fingerprint density at radius 3 is 2.20 bits per heavy atom. The van der Waals surface area contributed by atoms with Gasteiger partial charge in [0.15, 0.2) is 11.6 Å². The predicted molar refractivity (Wildman–Crippen MR) is 112 cm³/mol. The lowest BCUT2D eigenvalue weighted by molar-refractivity contribution is -0.114. The summed E-state index contributed by atoms with van der Waals surface area (Å²) in [5.74, 6) is -2.92. The number of anilines is 2. The van der Waals surface area contributed by atoms with Crippen LogP contribution < -0.4 is 9.62 Å². The molecule has 5 nitrogen and oxygen atoms in total. The van der Waals surface area contributed by atoms with Crippen molar-refractivity contribution in [1.82, 2.24) is 0 Å². The Morgan fingerprint density at radius 1 is 0.967 bits per heavy atom. The van der Waals surface area contributed by atoms with Gasteiger partial charge in [0.25, 0.3) is 10.0 Å². The van der Waals surface area contributed by atoms with Crippen LogP contribution in [0, 0.1) is 18.6 Å². The van der Waals surface area contributed by atoms with Crippen LogP contribution in [0.4, 0.5) is 20.2 Å². The number of carbonyl (C=O) groups excluding carboxylic acids is 1. The van der Waals surface area contributed by atoms with Crippen molar-refractivity contribution in [1.29, 1.82) is 0 Å². The highest BCUT2D eigenvalue weighted by Crippen LogP contribution is 2.25. The molecule has 156 valence electrons. The summed E-state index contributed by atoms with van der Waals surface area (Å²) in [6.45, 7) is 1.24. The van der Waals surface area contributed by atoms with Crippen molar-refractivity contribution in [3.05, 3.63) is 89.0 Å². The largest absolute Gasteiger partial charge is 0.324 e. The summed E-state index contributed by atoms with van der Waals surface area (Å²) in [5, 5.41) is 2.78. The molecule has 3 aromatic rings. The van der Waals surface area contributed by atoms with Gasteiger partial charge in [-0.3, -0.25) is 9.10 Å². The molecule has 3 aromatic carbocycles. The van der Waals surface area contributed by atoms with Gasteiger partial charge in [-0.2, -0.15) is 0 Å². The zero-order valence-corrected chi connectivity index (χ0v) is 17.3. The van der Waals surface area contributed by atoms with Gasteiger partial charge in [0.1, 0.15) is 6.54 Å². The molecule has 1 N–H and O–H groups in total. The molecule has 0 saturated heterocycles. The number of nitrogens with one attached hydrogen (secondary N) is 1. The van der Waals surface area contributed by atoms with Crippen LogP contribution >= 0.6 is 11.6 Å². The van der Waals surface area contributed by atoms with Gasteiger partial charge in [0, 0.05) is 16.8 Å². The van der Waals surface area contributed by atoms with E-state index in [-0.39, 0.29) is 16.3 Å². The monoisotopic (exact) mass is 450 g/mol. The molecule has 0 spiro atoms. The Morgan fingerprint density at radius 2 is 1.60 bits per heavy atom. The number of halogens is 3. The van der Waals surface area contributed by atoms with Crippen LogP contribution in [0.15, 0.2) is 71.6 Å². The number of amides is 1. The van der Waals surface area contributed by atoms with E-state index in [1.54, 1.807) is 12.1 Å². The number of aryl methyl sites for hydroxylation is 1. The molecule has 0 bridgehead atoms. The maximum absolute atomic E-state index is 13.4. The third-order valence-corrected chi connectivity index (χ3v) is 6.25. The van der Waals surface area contributed by atoms with Gasteiger partial charge in [-0.05, 0) is 55.5 Å². The van der Waals surface area contributed by atoms with Crippen LogP contribution in [0.25, 0.3) is 0 Å². The molecule has 30 heavy (non-hydrogen) atoms. The van der Waals surface area contributed by atoms with Crippen molar-refractivity contribution < 1.29 is 22.0 Å². The predicted octanol–water partition coefficient (Wildman–Crippen LogP) is 4.76. The lowest BCUT2D eigenvalue weighted by Gasteiger charge is -2.24. The van der Waals surface area contributed by atoms with Crippen molar-refractivity contribution in [2.75, 3.05) is 16.2 Å². The number of carbonyl (C=O) groups is 1. The van der Waals surface area contributed by atoms with Gasteiger partial charge in [-0.25, -0.2) is 17.2 Å². The van der Waals surface area contributed by atoms with E-state index < -0.39 is 34.1 Å². The Balaban J connectivity index is 1.93. The van der Waals surface area contributed by atoms with Crippen LogP contribution in [0.1, 0.15) is 5.56 Å². The summed E-state index contributed by atoms with van der Waals surface area (Å²) in [4.78, 5) is 12.5. The molecule has 0 aliphatic rings. The van der Waals surface area contributed by atoms with Crippen LogP contribution in [0.2, 0.25) is 5.02 Å². The first-order valence-corrected chi connectivity index (χ1v) is 10.6. The zero-order valence-electron chi connectivity index (χ0n) is 15.8. The molecule has 0 radical (unpaired) electrons. The minimum absolute atomic E-state index is 0.00249. The third kappa shape index (κ3) is 4.95. The van der Waals surface area contributed by atoms with Gasteiger partial charge in [0.05, 0.1) is 10.6 Å². The van der Waals surface area contributed by atoms with Crippen molar-refractivity contribution in [3.8, 4) is 0 Å². The van der Waals surface area contributed by atoms with Crippen LogP contribution in [0.5, 0.6) is 0 Å².